The van der Waals surface area contributed by atoms with Crippen LogP contribution in [0.25, 0.3) is 5.76 Å². The molecule has 0 aromatic heterocycles. The number of ketones is 1. The molecule has 9 heteroatoms. The quantitative estimate of drug-likeness (QED) is 0.152. The van der Waals surface area contributed by atoms with Crippen LogP contribution >= 0.6 is 0 Å². The number of benzene rings is 2. The van der Waals surface area contributed by atoms with Crippen LogP contribution in [0.15, 0.2) is 60.2 Å². The molecule has 1 saturated heterocycles. The SMILES string of the molecule is O=C(O)CCCCCN1C(=O)C(=O)C(=C(O)c2ccccc2)C1c1ccccc1[N+](=O)[O-]. The smallest absolute Gasteiger partial charge is 0.303 e. The minimum absolute atomic E-state index is 0.0135. The molecule has 0 saturated carbocycles. The van der Waals surface area contributed by atoms with E-state index in [1.165, 1.54) is 23.1 Å². The van der Waals surface area contributed by atoms with Gasteiger partial charge in [0.2, 0.25) is 0 Å². The molecule has 1 amide bonds. The number of nitrogens with zero attached hydrogens (tertiary/aromatic N) is 2. The number of likely N-dealkylation sites (tertiary alicyclic amines) is 1. The number of nitro benzene ring substituents is 1. The van der Waals surface area contributed by atoms with Gasteiger partial charge in [0.1, 0.15) is 5.76 Å². The Morgan fingerprint density at radius 2 is 1.62 bits per heavy atom. The molecule has 3 rings (SSSR count). The van der Waals surface area contributed by atoms with Crippen molar-refractivity contribution < 1.29 is 29.5 Å². The molecule has 9 nitrogen and oxygen atoms in total. The number of nitro groups is 1. The maximum absolute atomic E-state index is 12.9. The number of hydrogen-bond acceptors (Lipinski definition) is 6. The summed E-state index contributed by atoms with van der Waals surface area (Å²) in [6, 6.07) is 12.9. The number of aliphatic hydroxyl groups is 1. The van der Waals surface area contributed by atoms with Gasteiger partial charge in [-0.05, 0) is 18.9 Å². The molecule has 0 aliphatic carbocycles. The molecule has 2 aromatic carbocycles. The van der Waals surface area contributed by atoms with Gasteiger partial charge in [-0.15, -0.1) is 0 Å². The molecule has 32 heavy (non-hydrogen) atoms. The van der Waals surface area contributed by atoms with E-state index in [-0.39, 0.29) is 29.8 Å². The van der Waals surface area contributed by atoms with E-state index in [1.54, 1.807) is 36.4 Å². The highest BCUT2D eigenvalue weighted by Gasteiger charge is 2.47. The van der Waals surface area contributed by atoms with Crippen LogP contribution in [0.5, 0.6) is 0 Å². The van der Waals surface area contributed by atoms with E-state index in [1.807, 2.05) is 0 Å². The molecule has 1 atom stereocenters. The van der Waals surface area contributed by atoms with Gasteiger partial charge in [-0.1, -0.05) is 48.9 Å². The van der Waals surface area contributed by atoms with Crippen molar-refractivity contribution in [1.29, 1.82) is 0 Å². The minimum Gasteiger partial charge on any atom is -0.507 e. The van der Waals surface area contributed by atoms with Crippen molar-refractivity contribution in [3.8, 4) is 0 Å². The fourth-order valence-electron chi connectivity index (χ4n) is 3.81. The van der Waals surface area contributed by atoms with Crippen molar-refractivity contribution in [2.75, 3.05) is 6.54 Å². The molecule has 2 N–H and O–H groups in total. The lowest BCUT2D eigenvalue weighted by molar-refractivity contribution is -0.385. The van der Waals surface area contributed by atoms with Crippen molar-refractivity contribution in [2.24, 2.45) is 0 Å². The van der Waals surface area contributed by atoms with Crippen LogP contribution < -0.4 is 0 Å². The van der Waals surface area contributed by atoms with Crippen LogP contribution in [0.2, 0.25) is 0 Å². The first-order valence-electron chi connectivity index (χ1n) is 10.1. The Balaban J connectivity index is 2.05. The Bertz CT molecular complexity index is 1080. The van der Waals surface area contributed by atoms with E-state index in [2.05, 4.69) is 0 Å². The number of aliphatic carboxylic acids is 1. The van der Waals surface area contributed by atoms with Crippen LogP contribution in [-0.2, 0) is 14.4 Å². The molecule has 1 aliphatic heterocycles. The van der Waals surface area contributed by atoms with Crippen LogP contribution in [-0.4, -0.2) is 44.2 Å². The number of rotatable bonds is 9. The molecule has 1 unspecified atom stereocenters. The zero-order chi connectivity index (χ0) is 23.3. The summed E-state index contributed by atoms with van der Waals surface area (Å²) in [7, 11) is 0. The van der Waals surface area contributed by atoms with E-state index < -0.39 is 34.4 Å². The zero-order valence-electron chi connectivity index (χ0n) is 17.1. The second-order valence-corrected chi connectivity index (χ2v) is 7.38. The van der Waals surface area contributed by atoms with Gasteiger partial charge in [-0.3, -0.25) is 24.5 Å². The van der Waals surface area contributed by atoms with Gasteiger partial charge in [0, 0.05) is 24.6 Å². The topological polar surface area (TPSA) is 138 Å². The third-order valence-corrected chi connectivity index (χ3v) is 5.30. The Morgan fingerprint density at radius 3 is 2.28 bits per heavy atom. The second kappa shape index (κ2) is 9.86. The molecule has 0 bridgehead atoms. The zero-order valence-corrected chi connectivity index (χ0v) is 17.1. The number of carboxylic acid groups (broad SMARTS) is 1. The molecule has 1 heterocycles. The largest absolute Gasteiger partial charge is 0.507 e. The summed E-state index contributed by atoms with van der Waals surface area (Å²) in [5, 5.41) is 31.3. The Morgan fingerprint density at radius 1 is 0.969 bits per heavy atom. The minimum atomic E-state index is -1.13. The van der Waals surface area contributed by atoms with E-state index in [0.29, 0.717) is 24.8 Å². The fourth-order valence-corrected chi connectivity index (χ4v) is 3.81. The van der Waals surface area contributed by atoms with Gasteiger partial charge in [0.25, 0.3) is 17.4 Å². The molecule has 0 spiro atoms. The molecule has 0 radical (unpaired) electrons. The third kappa shape index (κ3) is 4.66. The summed E-state index contributed by atoms with van der Waals surface area (Å²) in [4.78, 5) is 48.7. The van der Waals surface area contributed by atoms with Gasteiger partial charge in [0.05, 0.1) is 22.1 Å². The van der Waals surface area contributed by atoms with Crippen molar-refractivity contribution in [3.63, 3.8) is 0 Å². The van der Waals surface area contributed by atoms with Crippen molar-refractivity contribution in [2.45, 2.75) is 31.7 Å². The fraction of sp³-hybridized carbons (Fsp3) is 0.261. The lowest BCUT2D eigenvalue weighted by Crippen LogP contribution is -2.31. The first-order chi connectivity index (χ1) is 15.3. The van der Waals surface area contributed by atoms with E-state index >= 15 is 0 Å². The maximum Gasteiger partial charge on any atom is 0.303 e. The molecule has 1 aliphatic rings. The second-order valence-electron chi connectivity index (χ2n) is 7.38. The Labute approximate surface area is 183 Å². The van der Waals surface area contributed by atoms with Crippen LogP contribution in [0.1, 0.15) is 42.9 Å². The number of aliphatic hydroxyl groups excluding tert-OH is 1. The average molecular weight is 438 g/mol. The summed E-state index contributed by atoms with van der Waals surface area (Å²) in [5.74, 6) is -3.10. The predicted molar refractivity (Wildman–Crippen MR) is 115 cm³/mol. The number of carbonyl (C=O) groups excluding carboxylic acids is 2. The van der Waals surface area contributed by atoms with Crippen molar-refractivity contribution >= 4 is 29.1 Å². The van der Waals surface area contributed by atoms with Crippen LogP contribution in [0.3, 0.4) is 0 Å². The van der Waals surface area contributed by atoms with Gasteiger partial charge in [-0.25, -0.2) is 0 Å². The molecular formula is C23H22N2O7. The first-order valence-corrected chi connectivity index (χ1v) is 10.1. The third-order valence-electron chi connectivity index (χ3n) is 5.30. The summed E-state index contributed by atoms with van der Waals surface area (Å²) in [5.41, 5.74) is -0.0365. The number of carboxylic acids is 1. The maximum atomic E-state index is 12.9. The molecule has 2 aromatic rings. The van der Waals surface area contributed by atoms with Crippen molar-refractivity contribution in [3.05, 3.63) is 81.4 Å². The number of para-hydroxylation sites is 1. The summed E-state index contributed by atoms with van der Waals surface area (Å²) in [6.45, 7) is 0.0898. The van der Waals surface area contributed by atoms with E-state index in [4.69, 9.17) is 5.11 Å². The number of unbranched alkanes of at least 4 members (excludes halogenated alkanes) is 2. The standard InChI is InChI=1S/C23H22N2O7/c26-18(27)13-5-2-8-14-24-20(16-11-6-7-12-17(16)25(31)32)19(22(29)23(24)30)21(28)15-9-3-1-4-10-15/h1,3-4,6-7,9-12,20,28H,2,5,8,13-14H2,(H,26,27). The van der Waals surface area contributed by atoms with Gasteiger partial charge in [0.15, 0.2) is 0 Å². The monoisotopic (exact) mass is 438 g/mol. The summed E-state index contributed by atoms with van der Waals surface area (Å²) in [6.07, 6.45) is 1.29. The number of amides is 1. The molecular weight excluding hydrogens is 416 g/mol. The highest BCUT2D eigenvalue weighted by Crippen LogP contribution is 2.42. The highest BCUT2D eigenvalue weighted by atomic mass is 16.6. The number of carbonyl (C=O) groups is 3. The number of hydrogen-bond donors (Lipinski definition) is 2. The van der Waals surface area contributed by atoms with Gasteiger partial charge >= 0.3 is 5.97 Å². The summed E-state index contributed by atoms with van der Waals surface area (Å²) >= 11 is 0. The van der Waals surface area contributed by atoms with E-state index in [0.717, 1.165) is 0 Å². The Kier molecular flexibility index (Phi) is 6.99. The van der Waals surface area contributed by atoms with Crippen LogP contribution in [0.4, 0.5) is 5.69 Å². The molecule has 166 valence electrons. The van der Waals surface area contributed by atoms with Crippen molar-refractivity contribution in [1.82, 2.24) is 4.90 Å². The normalized spacial score (nSPS) is 17.5. The first kappa shape index (κ1) is 22.7. The predicted octanol–water partition coefficient (Wildman–Crippen LogP) is 3.66. The van der Waals surface area contributed by atoms with Gasteiger partial charge < -0.3 is 15.1 Å². The number of Topliss-reactive ketones (excluding diaryl/α,β-unsaturated/α-hetero) is 1. The Hall–Kier alpha value is -4.01. The average Bonchev–Trinajstić information content (AvgIpc) is 3.03. The molecule has 1 fully saturated rings. The van der Waals surface area contributed by atoms with Gasteiger partial charge in [-0.2, -0.15) is 0 Å². The van der Waals surface area contributed by atoms with E-state index in [9.17, 15) is 29.6 Å². The summed E-state index contributed by atoms with van der Waals surface area (Å²) < 4.78 is 0. The highest BCUT2D eigenvalue weighted by molar-refractivity contribution is 6.46. The lowest BCUT2D eigenvalue weighted by Gasteiger charge is -2.25. The lowest BCUT2D eigenvalue weighted by atomic mass is 9.94. The van der Waals surface area contributed by atoms with Crippen LogP contribution in [0, 0.1) is 10.1 Å².